The third-order valence-corrected chi connectivity index (χ3v) is 5.57. The molecule has 0 bridgehead atoms. The molecule has 0 amide bonds. The largest absolute Gasteiger partial charge is 0.398 e. The van der Waals surface area contributed by atoms with Crippen LogP contribution in [0.2, 0.25) is 0 Å². The quantitative estimate of drug-likeness (QED) is 0.861. The monoisotopic (exact) mass is 334 g/mol. The molecule has 102 valence electrons. The van der Waals surface area contributed by atoms with Gasteiger partial charge in [0.05, 0.1) is 4.90 Å². The second-order valence-corrected chi connectivity index (χ2v) is 7.19. The van der Waals surface area contributed by atoms with Crippen molar-refractivity contribution >= 4 is 31.6 Å². The van der Waals surface area contributed by atoms with E-state index in [2.05, 4.69) is 15.9 Å². The van der Waals surface area contributed by atoms with E-state index in [0.717, 1.165) is 0 Å². The lowest BCUT2D eigenvalue weighted by atomic mass is 10.2. The van der Waals surface area contributed by atoms with Gasteiger partial charge in [-0.3, -0.25) is 0 Å². The van der Waals surface area contributed by atoms with E-state index >= 15 is 0 Å². The minimum Gasteiger partial charge on any atom is -0.398 e. The van der Waals surface area contributed by atoms with Crippen LogP contribution in [0, 0.1) is 6.92 Å². The van der Waals surface area contributed by atoms with E-state index < -0.39 is 10.0 Å². The van der Waals surface area contributed by atoms with E-state index in [1.165, 1.54) is 4.31 Å². The first-order valence-corrected chi connectivity index (χ1v) is 8.02. The van der Waals surface area contributed by atoms with E-state index in [1.807, 2.05) is 20.8 Å². The first kappa shape index (κ1) is 15.5. The average molecular weight is 335 g/mol. The molecule has 1 aromatic carbocycles. The van der Waals surface area contributed by atoms with Crippen LogP contribution < -0.4 is 5.73 Å². The highest BCUT2D eigenvalue weighted by atomic mass is 79.9. The molecule has 0 saturated carbocycles. The maximum atomic E-state index is 12.6. The Kier molecular flexibility index (Phi) is 4.80. The zero-order valence-electron chi connectivity index (χ0n) is 11.1. The minimum atomic E-state index is -3.50. The van der Waals surface area contributed by atoms with Gasteiger partial charge in [-0.05, 0) is 38.5 Å². The number of sulfonamides is 1. The van der Waals surface area contributed by atoms with Gasteiger partial charge in [0.15, 0.2) is 0 Å². The summed E-state index contributed by atoms with van der Waals surface area (Å²) in [7, 11) is -3.50. The van der Waals surface area contributed by atoms with Crippen molar-refractivity contribution < 1.29 is 8.42 Å². The fourth-order valence-electron chi connectivity index (χ4n) is 1.88. The molecule has 4 nitrogen and oxygen atoms in total. The van der Waals surface area contributed by atoms with Crippen LogP contribution in [0.4, 0.5) is 5.69 Å². The van der Waals surface area contributed by atoms with Gasteiger partial charge in [-0.15, -0.1) is 0 Å². The molecule has 0 saturated heterocycles. The summed E-state index contributed by atoms with van der Waals surface area (Å²) in [5.41, 5.74) is 6.89. The topological polar surface area (TPSA) is 63.4 Å². The third kappa shape index (κ3) is 2.87. The first-order valence-electron chi connectivity index (χ1n) is 5.79. The molecule has 0 aliphatic heterocycles. The normalized spacial score (nSPS) is 12.4. The van der Waals surface area contributed by atoms with Crippen molar-refractivity contribution in [3.05, 3.63) is 22.2 Å². The molecule has 0 aliphatic rings. The van der Waals surface area contributed by atoms with Crippen LogP contribution in [0.25, 0.3) is 0 Å². The molecule has 0 fully saturated rings. The minimum absolute atomic E-state index is 0.0837. The molecule has 1 rings (SSSR count). The average Bonchev–Trinajstić information content (AvgIpc) is 2.23. The summed E-state index contributed by atoms with van der Waals surface area (Å²) in [6, 6.07) is 3.23. The van der Waals surface area contributed by atoms with Crippen molar-refractivity contribution in [1.82, 2.24) is 4.31 Å². The number of rotatable bonds is 4. The van der Waals surface area contributed by atoms with Crippen molar-refractivity contribution in [2.45, 2.75) is 38.6 Å². The highest BCUT2D eigenvalue weighted by molar-refractivity contribution is 9.10. The van der Waals surface area contributed by atoms with Crippen LogP contribution in [0.15, 0.2) is 21.5 Å². The number of nitrogen functional groups attached to an aromatic ring is 1. The summed E-state index contributed by atoms with van der Waals surface area (Å²) in [5, 5.41) is 0. The number of nitrogens with two attached hydrogens (primary N) is 1. The molecule has 1 aromatic rings. The summed E-state index contributed by atoms with van der Waals surface area (Å²) in [4.78, 5) is 0.268. The Morgan fingerprint density at radius 1 is 1.39 bits per heavy atom. The smallest absolute Gasteiger partial charge is 0.243 e. The Bertz CT molecular complexity index is 541. The van der Waals surface area contributed by atoms with Gasteiger partial charge in [0.25, 0.3) is 0 Å². The SMILES string of the molecule is CCN(C(C)C)S(=O)(=O)c1cc(Br)cc(N)c1C. The third-order valence-electron chi connectivity index (χ3n) is 2.84. The molecule has 2 N–H and O–H groups in total. The summed E-state index contributed by atoms with van der Waals surface area (Å²) in [5.74, 6) is 0. The van der Waals surface area contributed by atoms with Gasteiger partial charge in [0.2, 0.25) is 10.0 Å². The Morgan fingerprint density at radius 3 is 2.39 bits per heavy atom. The molecule has 0 heterocycles. The highest BCUT2D eigenvalue weighted by Gasteiger charge is 2.27. The number of hydrogen-bond donors (Lipinski definition) is 1. The van der Waals surface area contributed by atoms with E-state index in [9.17, 15) is 8.42 Å². The predicted octanol–water partition coefficient (Wildman–Crippen LogP) is 2.76. The van der Waals surface area contributed by atoms with Crippen LogP contribution in [0.3, 0.4) is 0 Å². The number of halogens is 1. The number of benzene rings is 1. The van der Waals surface area contributed by atoms with Crippen LogP contribution in [0.1, 0.15) is 26.3 Å². The summed E-state index contributed by atoms with van der Waals surface area (Å²) < 4.78 is 27.3. The molecule has 0 atom stereocenters. The second-order valence-electron chi connectivity index (χ2n) is 4.42. The predicted molar refractivity (Wildman–Crippen MR) is 78.0 cm³/mol. The van der Waals surface area contributed by atoms with Gasteiger partial charge >= 0.3 is 0 Å². The van der Waals surface area contributed by atoms with Gasteiger partial charge < -0.3 is 5.73 Å². The second kappa shape index (κ2) is 5.59. The van der Waals surface area contributed by atoms with Crippen molar-refractivity contribution in [1.29, 1.82) is 0 Å². The standard InChI is InChI=1S/C12H19BrN2O2S/c1-5-15(8(2)3)18(16,17)12-7-10(13)6-11(14)9(12)4/h6-8H,5,14H2,1-4H3. The summed E-state index contributed by atoms with van der Waals surface area (Å²) in [6.07, 6.45) is 0. The molecular formula is C12H19BrN2O2S. The van der Waals surface area contributed by atoms with Crippen LogP contribution in [-0.2, 0) is 10.0 Å². The Hall–Kier alpha value is -0.590. The van der Waals surface area contributed by atoms with Crippen LogP contribution >= 0.6 is 15.9 Å². The Balaban J connectivity index is 3.46. The molecule has 0 radical (unpaired) electrons. The van der Waals surface area contributed by atoms with Gasteiger partial charge in [-0.2, -0.15) is 4.31 Å². The molecule has 0 aliphatic carbocycles. The molecule has 18 heavy (non-hydrogen) atoms. The Morgan fingerprint density at radius 2 is 1.94 bits per heavy atom. The zero-order chi connectivity index (χ0) is 14.1. The van der Waals surface area contributed by atoms with Gasteiger partial charge in [-0.1, -0.05) is 22.9 Å². The van der Waals surface area contributed by atoms with Gasteiger partial charge in [-0.25, -0.2) is 8.42 Å². The fraction of sp³-hybridized carbons (Fsp3) is 0.500. The fourth-order valence-corrected chi connectivity index (χ4v) is 4.44. The van der Waals surface area contributed by atoms with Crippen molar-refractivity contribution in [2.75, 3.05) is 12.3 Å². The molecule has 0 spiro atoms. The van der Waals surface area contributed by atoms with Crippen molar-refractivity contribution in [3.63, 3.8) is 0 Å². The number of hydrogen-bond acceptors (Lipinski definition) is 3. The van der Waals surface area contributed by atoms with Gasteiger partial charge in [0, 0.05) is 22.7 Å². The maximum Gasteiger partial charge on any atom is 0.243 e. The number of nitrogens with zero attached hydrogens (tertiary/aromatic N) is 1. The molecule has 0 unspecified atom stereocenters. The van der Waals surface area contributed by atoms with E-state index in [0.29, 0.717) is 22.3 Å². The Labute approximate surface area is 117 Å². The molecular weight excluding hydrogens is 316 g/mol. The van der Waals surface area contributed by atoms with Crippen molar-refractivity contribution in [3.8, 4) is 0 Å². The van der Waals surface area contributed by atoms with Crippen LogP contribution in [-0.4, -0.2) is 25.3 Å². The van der Waals surface area contributed by atoms with E-state index in [-0.39, 0.29) is 10.9 Å². The molecule has 6 heteroatoms. The lowest BCUT2D eigenvalue weighted by molar-refractivity contribution is 0.369. The highest BCUT2D eigenvalue weighted by Crippen LogP contribution is 2.29. The van der Waals surface area contributed by atoms with Gasteiger partial charge in [0.1, 0.15) is 0 Å². The zero-order valence-corrected chi connectivity index (χ0v) is 13.5. The molecule has 0 aromatic heterocycles. The maximum absolute atomic E-state index is 12.6. The first-order chi connectivity index (χ1) is 8.21. The summed E-state index contributed by atoms with van der Waals surface area (Å²) >= 11 is 3.28. The van der Waals surface area contributed by atoms with Crippen molar-refractivity contribution in [2.24, 2.45) is 0 Å². The van der Waals surface area contributed by atoms with E-state index in [4.69, 9.17) is 5.73 Å². The summed E-state index contributed by atoms with van der Waals surface area (Å²) in [6.45, 7) is 7.71. The van der Waals surface area contributed by atoms with E-state index in [1.54, 1.807) is 19.1 Å². The van der Waals surface area contributed by atoms with Crippen LogP contribution in [0.5, 0.6) is 0 Å². The number of anilines is 1. The lowest BCUT2D eigenvalue weighted by Crippen LogP contribution is -2.37. The lowest BCUT2D eigenvalue weighted by Gasteiger charge is -2.25.